The molecule has 5 saturated heterocycles. The van der Waals surface area contributed by atoms with Crippen LogP contribution in [-0.2, 0) is 38.0 Å². The average molecular weight is 1510 g/mol. The van der Waals surface area contributed by atoms with Crippen LogP contribution in [0.1, 0.15) is 25.5 Å². The summed E-state index contributed by atoms with van der Waals surface area (Å²) in [6.45, 7) is -2.26. The zero-order chi connectivity index (χ0) is 74.9. The summed E-state index contributed by atoms with van der Waals surface area (Å²) in [6.07, 6.45) is 0.707. The Kier molecular flexibility index (Phi) is 24.6. The molecule has 0 bridgehead atoms. The van der Waals surface area contributed by atoms with Crippen LogP contribution in [0, 0.1) is 34.9 Å². The minimum absolute atomic E-state index is 0.0217. The Morgan fingerprint density at radius 3 is 1.26 bits per heavy atom. The van der Waals surface area contributed by atoms with Crippen molar-refractivity contribution in [2.75, 3.05) is 87.3 Å². The number of β-amino-alcohol motifs (C(OH)–C–C–N with tert-alkyl or cyclic N) is 1. The van der Waals surface area contributed by atoms with E-state index >= 15 is 0 Å². The smallest absolute Gasteiger partial charge is 0.329 e. The van der Waals surface area contributed by atoms with Gasteiger partial charge in [-0.1, -0.05) is 20.9 Å². The first kappa shape index (κ1) is 75.1. The number of rotatable bonds is 22. The van der Waals surface area contributed by atoms with E-state index in [2.05, 4.69) is 61.2 Å². The highest BCUT2D eigenvalue weighted by Gasteiger charge is 2.52. The Balaban J connectivity index is 0.000000203. The number of carbonyl (C=O) groups excluding carboxylic acids is 1. The van der Waals surface area contributed by atoms with Gasteiger partial charge in [0.05, 0.1) is 116 Å². The predicted octanol–water partition coefficient (Wildman–Crippen LogP) is 0.190. The van der Waals surface area contributed by atoms with Crippen LogP contribution in [0.2, 0.25) is 0 Å². The molecule has 16 atom stereocenters. The van der Waals surface area contributed by atoms with E-state index in [1.54, 1.807) is 12.4 Å². The minimum Gasteiger partial charge on any atom is -0.480 e. The lowest BCUT2D eigenvalue weighted by Crippen LogP contribution is -2.58. The first-order valence-electron chi connectivity index (χ1n) is 31.9. The molecule has 1 amide bonds. The van der Waals surface area contributed by atoms with Crippen LogP contribution in [0.3, 0.4) is 0 Å². The largest absolute Gasteiger partial charge is 0.480 e. The number of carbonyl (C=O) groups is 2. The highest BCUT2D eigenvalue weighted by molar-refractivity contribution is 8.00. The van der Waals surface area contributed by atoms with Crippen LogP contribution in [0.15, 0.2) is 73.8 Å². The van der Waals surface area contributed by atoms with E-state index in [0.717, 1.165) is 45.0 Å². The number of amides is 1. The monoisotopic (exact) mass is 1510 g/mol. The molecule has 5 aliphatic heterocycles. The molecule has 104 heavy (non-hydrogen) atoms. The maximum atomic E-state index is 14.1. The molecule has 5 aliphatic rings. The highest BCUT2D eigenvalue weighted by Crippen LogP contribution is 2.44. The number of likely N-dealkylation sites (tertiary alicyclic amines) is 1. The maximum absolute atomic E-state index is 14.1. The third-order valence-corrected chi connectivity index (χ3v) is 19.9. The number of benzene rings is 2. The van der Waals surface area contributed by atoms with Gasteiger partial charge in [-0.05, 0) is 24.3 Å². The van der Waals surface area contributed by atoms with E-state index in [4.69, 9.17) is 39.3 Å². The molecule has 11 heterocycles. The summed E-state index contributed by atoms with van der Waals surface area (Å²) in [5.74, 6) is -10.9. The maximum Gasteiger partial charge on any atom is 0.329 e. The first-order chi connectivity index (χ1) is 50.5. The molecule has 8 aromatic rings. The van der Waals surface area contributed by atoms with Gasteiger partial charge in [-0.3, -0.25) is 9.18 Å². The second-order valence-corrected chi connectivity index (χ2v) is 26.3. The molecule has 5 fully saturated rings. The lowest BCUT2D eigenvalue weighted by atomic mass is 9.97. The van der Waals surface area contributed by atoms with E-state index in [1.165, 1.54) is 65.7 Å². The Hall–Kier alpha value is -8.61. The third-order valence-electron chi connectivity index (χ3n) is 17.1. The molecule has 13 rings (SSSR count). The normalized spacial score (nSPS) is 27.2. The lowest BCUT2D eigenvalue weighted by molar-refractivity contribution is -0.197. The predicted molar refractivity (Wildman–Crippen MR) is 339 cm³/mol. The molecule has 560 valence electrons. The van der Waals surface area contributed by atoms with Crippen LogP contribution in [0.5, 0.6) is 12.0 Å². The van der Waals surface area contributed by atoms with Gasteiger partial charge in [-0.2, -0.15) is 0 Å². The Morgan fingerprint density at radius 1 is 0.548 bits per heavy atom. The van der Waals surface area contributed by atoms with Gasteiger partial charge in [0.15, 0.2) is 34.9 Å². The van der Waals surface area contributed by atoms with Crippen molar-refractivity contribution >= 4 is 35.4 Å². The van der Waals surface area contributed by atoms with Crippen LogP contribution < -0.4 is 9.47 Å². The number of ether oxygens (including phenoxy) is 8. The quantitative estimate of drug-likeness (QED) is 0.0332. The fourth-order valence-electron chi connectivity index (χ4n) is 11.7. The van der Waals surface area contributed by atoms with Crippen molar-refractivity contribution < 1.29 is 120 Å². The summed E-state index contributed by atoms with van der Waals surface area (Å²) >= 11 is 2.07. The molecular formula is C60H66F7N17O18S2. The Bertz CT molecular complexity index is 4180. The van der Waals surface area contributed by atoms with Gasteiger partial charge < -0.3 is 83.6 Å². The second kappa shape index (κ2) is 34.1. The number of aliphatic hydroxyl groups is 7. The SMILES string of the molecule is COc1ncc(-c2cn(C3COCC(SC4OC(CO)C(O)C(n5cc(-c6cc(F)c(F)c(F)c6)nn5)C4OCC(=O)N4CC(O)C4)C3O)nn2)cn1.COc1ncc(-c2cn(C3COCC(SC4OC(CO)C(O)C(n5cc(-c6cc(F)c(F)c(F)c6)nn5)C4OCC(=O)O)C3O)nn2)cn1.[2H]CF. The number of aliphatic hydroxyl groups excluding tert-OH is 7. The van der Waals surface area contributed by atoms with Crippen LogP contribution in [0.25, 0.3) is 45.0 Å². The number of nitrogens with zero attached hydrogens (tertiary/aromatic N) is 17. The fourth-order valence-corrected chi connectivity index (χ4v) is 14.6. The van der Waals surface area contributed by atoms with E-state index < -0.39 is 181 Å². The van der Waals surface area contributed by atoms with E-state index in [1.807, 2.05) is 0 Å². The molecule has 44 heteroatoms. The summed E-state index contributed by atoms with van der Waals surface area (Å²) < 4.78 is 149. The van der Waals surface area contributed by atoms with Crippen molar-refractivity contribution in [3.8, 4) is 57.1 Å². The van der Waals surface area contributed by atoms with Gasteiger partial charge in [0, 0.05) is 60.1 Å². The molecule has 8 N–H and O–H groups in total. The van der Waals surface area contributed by atoms with Crippen LogP contribution in [0.4, 0.5) is 30.7 Å². The molecule has 0 radical (unpaired) electrons. The topological polar surface area (TPSA) is 447 Å². The van der Waals surface area contributed by atoms with Crippen LogP contribution in [-0.4, -0.2) is 301 Å². The fraction of sp³-hybridized carbons (Fsp3) is 0.500. The minimum atomic E-state index is -1.67. The summed E-state index contributed by atoms with van der Waals surface area (Å²) in [4.78, 5) is 42.1. The van der Waals surface area contributed by atoms with Gasteiger partial charge >= 0.3 is 18.0 Å². The third kappa shape index (κ3) is 16.9. The zero-order valence-electron chi connectivity index (χ0n) is 55.2. The molecule has 35 nitrogen and oxygen atoms in total. The molecule has 0 aliphatic carbocycles. The second-order valence-electron chi connectivity index (χ2n) is 23.6. The average Bonchev–Trinajstić information content (AvgIpc) is 1.76. The van der Waals surface area contributed by atoms with Gasteiger partial charge in [0.1, 0.15) is 108 Å². The lowest BCUT2D eigenvalue weighted by Gasteiger charge is -2.46. The highest BCUT2D eigenvalue weighted by atomic mass is 32.2. The van der Waals surface area contributed by atoms with Gasteiger partial charge in [0.25, 0.3) is 0 Å². The number of aliphatic carboxylic acids is 1. The summed E-state index contributed by atoms with van der Waals surface area (Å²) in [5.41, 5.74) is -0.776. The van der Waals surface area contributed by atoms with Crippen molar-refractivity contribution in [1.29, 1.82) is 0 Å². The Labute approximate surface area is 592 Å². The zero-order valence-corrected chi connectivity index (χ0v) is 55.9. The van der Waals surface area contributed by atoms with Crippen molar-refractivity contribution in [3.05, 3.63) is 109 Å². The van der Waals surface area contributed by atoms with E-state index in [9.17, 15) is 81.2 Å². The van der Waals surface area contributed by atoms with E-state index in [0.29, 0.717) is 34.6 Å². The number of halogens is 7. The van der Waals surface area contributed by atoms with Crippen molar-refractivity contribution in [3.63, 3.8) is 0 Å². The molecule has 0 saturated carbocycles. The number of methoxy groups -OCH3 is 2. The molecule has 0 spiro atoms. The number of hydrogen-bond acceptors (Lipinski definition) is 31. The van der Waals surface area contributed by atoms with Crippen molar-refractivity contribution in [2.45, 2.75) is 100 Å². The molecule has 16 unspecified atom stereocenters. The summed E-state index contributed by atoms with van der Waals surface area (Å²) in [6, 6.07) is -0.674. The Morgan fingerprint density at radius 2 is 0.904 bits per heavy atom. The number of aromatic nitrogens is 16. The molecule has 2 aromatic carbocycles. The summed E-state index contributed by atoms with van der Waals surface area (Å²) in [7, 11) is 1.87. The van der Waals surface area contributed by atoms with Gasteiger partial charge in [-0.25, -0.2) is 69.8 Å². The number of thioether (sulfide) groups is 2. The van der Waals surface area contributed by atoms with Crippen LogP contribution >= 0.6 is 23.5 Å². The van der Waals surface area contributed by atoms with Crippen molar-refractivity contribution in [1.82, 2.24) is 84.8 Å². The number of alkyl halides is 1. The molecular weight excluding hydrogens is 1440 g/mol. The number of carboxylic acid groups (broad SMARTS) is 1. The number of carboxylic acids is 1. The van der Waals surface area contributed by atoms with E-state index in [-0.39, 0.29) is 74.1 Å². The van der Waals surface area contributed by atoms with Gasteiger partial charge in [0.2, 0.25) is 5.91 Å². The summed E-state index contributed by atoms with van der Waals surface area (Å²) in [5, 5.41) is 116. The molecule has 6 aromatic heterocycles. The first-order valence-corrected chi connectivity index (χ1v) is 33.1. The standard InChI is InChI=1S/C31H34F3N9O9S.C28H29F3N8O9S.CH3F/c1-49-31-35-4-15(5-36-31)20-8-42(39-38-20)21-11-50-12-23(27(21)47)53-30-29(51-13-24(46)41-6-16(45)7-41)26(28(48)22(10-44)52-30)43-9-19(37-40-43)14-2-17(32)25(34)18(33)3-14;1-45-28-32-4-13(5-33-28)17-6-38(36-35-17)18-9-46-10-20(24(18)43)49-27-26(47-11-21(41)42)23(25(44)19(8-40)48-27)39-7-16(34-37-39)12-2-14(29)22(31)15(30)3-12;1-2/h2-5,8-9,16,21-23,26-30,44-45,47-48H,6-7,10-13H2,1H3;2-7,18-20,23-27,40,43-44H,8-11H2,1H3,(H,41,42);1H3/i;;1D. The van der Waals surface area contributed by atoms with Gasteiger partial charge in [-0.15, -0.1) is 43.9 Å². The van der Waals surface area contributed by atoms with Crippen molar-refractivity contribution in [2.24, 2.45) is 0 Å². The number of hydrogen-bond donors (Lipinski definition) is 8.